The van der Waals surface area contributed by atoms with Crippen LogP contribution in [-0.2, 0) is 0 Å². The average Bonchev–Trinajstić information content (AvgIpc) is 2.94. The first kappa shape index (κ1) is 12.8. The minimum atomic E-state index is -0.178. The van der Waals surface area contributed by atoms with Gasteiger partial charge in [-0.1, -0.05) is 12.1 Å². The Morgan fingerprint density at radius 3 is 2.42 bits per heavy atom. The van der Waals surface area contributed by atoms with Gasteiger partial charge in [-0.2, -0.15) is 0 Å². The molecule has 0 radical (unpaired) electrons. The molecular weight excluding hydrogens is 277 g/mol. The summed E-state index contributed by atoms with van der Waals surface area (Å²) in [6.45, 7) is 3.57. The quantitative estimate of drug-likeness (QED) is 0.723. The van der Waals surface area contributed by atoms with Gasteiger partial charge in [0.1, 0.15) is 5.82 Å². The van der Waals surface area contributed by atoms with Gasteiger partial charge in [-0.3, -0.25) is 0 Å². The van der Waals surface area contributed by atoms with Crippen molar-refractivity contribution < 1.29 is 4.39 Å². The van der Waals surface area contributed by atoms with E-state index in [1.54, 1.807) is 36.5 Å². The van der Waals surface area contributed by atoms with E-state index in [-0.39, 0.29) is 11.9 Å². The Labute approximate surface area is 119 Å². The molecule has 0 amide bonds. The summed E-state index contributed by atoms with van der Waals surface area (Å²) in [5.74, 6) is -0.136. The second kappa shape index (κ2) is 4.71. The number of halogens is 1. The molecule has 2 aromatic heterocycles. The van der Waals surface area contributed by atoms with E-state index in [2.05, 4.69) is 17.5 Å². The zero-order valence-corrected chi connectivity index (χ0v) is 12.4. The van der Waals surface area contributed by atoms with Crippen LogP contribution in [0.25, 0.3) is 9.40 Å². The number of rotatable bonds is 2. The Morgan fingerprint density at radius 1 is 1.11 bits per heavy atom. The van der Waals surface area contributed by atoms with Crippen LogP contribution >= 0.6 is 22.7 Å². The highest BCUT2D eigenvalue weighted by Crippen LogP contribution is 2.35. The van der Waals surface area contributed by atoms with Crippen molar-refractivity contribution in [3.05, 3.63) is 57.0 Å². The fraction of sp³-hybridized carbons (Fsp3) is 0.200. The molecular formula is C15H14FNS2. The third-order valence-electron chi connectivity index (χ3n) is 3.28. The lowest BCUT2D eigenvalue weighted by Crippen LogP contribution is -2.11. The van der Waals surface area contributed by atoms with Crippen LogP contribution in [-0.4, -0.2) is 0 Å². The molecule has 0 spiro atoms. The molecule has 98 valence electrons. The second-order valence-electron chi connectivity index (χ2n) is 4.74. The SMILES string of the molecule is Cc1cc(C(N)c2cc3sccc3s2)cc(C)c1F. The number of thiophene rings is 2. The molecule has 19 heavy (non-hydrogen) atoms. The van der Waals surface area contributed by atoms with E-state index in [4.69, 9.17) is 5.73 Å². The van der Waals surface area contributed by atoms with Crippen LogP contribution in [0.15, 0.2) is 29.6 Å². The maximum absolute atomic E-state index is 13.7. The largest absolute Gasteiger partial charge is 0.320 e. The zero-order chi connectivity index (χ0) is 13.6. The lowest BCUT2D eigenvalue weighted by atomic mass is 10.0. The van der Waals surface area contributed by atoms with Gasteiger partial charge in [0, 0.05) is 14.3 Å². The number of benzene rings is 1. The van der Waals surface area contributed by atoms with Crippen molar-refractivity contribution in [3.8, 4) is 0 Å². The first-order valence-electron chi connectivity index (χ1n) is 6.05. The molecule has 0 aliphatic rings. The van der Waals surface area contributed by atoms with E-state index in [0.29, 0.717) is 11.1 Å². The van der Waals surface area contributed by atoms with Crippen molar-refractivity contribution in [1.29, 1.82) is 0 Å². The standard InChI is InChI=1S/C15H14FNS2/c1-8-5-10(6-9(2)14(8)16)15(17)13-7-12-11(19-13)3-4-18-12/h3-7,15H,17H2,1-2H3. The predicted octanol–water partition coefficient (Wildman–Crippen LogP) is 4.77. The summed E-state index contributed by atoms with van der Waals surface area (Å²) in [5, 5.41) is 2.09. The highest BCUT2D eigenvalue weighted by molar-refractivity contribution is 7.27. The number of aryl methyl sites for hydroxylation is 2. The van der Waals surface area contributed by atoms with E-state index in [9.17, 15) is 4.39 Å². The third-order valence-corrected chi connectivity index (χ3v) is 5.46. The summed E-state index contributed by atoms with van der Waals surface area (Å²) in [6, 6.07) is 7.77. The fourth-order valence-corrected chi connectivity index (χ4v) is 4.41. The molecule has 0 saturated heterocycles. The molecule has 1 aromatic carbocycles. The van der Waals surface area contributed by atoms with Gasteiger partial charge in [-0.05, 0) is 48.1 Å². The molecule has 0 saturated carbocycles. The van der Waals surface area contributed by atoms with Gasteiger partial charge in [0.15, 0.2) is 0 Å². The monoisotopic (exact) mass is 291 g/mol. The van der Waals surface area contributed by atoms with E-state index in [1.165, 1.54) is 9.40 Å². The first-order chi connectivity index (χ1) is 9.06. The van der Waals surface area contributed by atoms with Gasteiger partial charge >= 0.3 is 0 Å². The molecule has 2 heterocycles. The van der Waals surface area contributed by atoms with Gasteiger partial charge in [-0.25, -0.2) is 4.39 Å². The Hall–Kier alpha value is -1.23. The van der Waals surface area contributed by atoms with Crippen LogP contribution in [0.3, 0.4) is 0 Å². The van der Waals surface area contributed by atoms with Crippen LogP contribution in [0.2, 0.25) is 0 Å². The van der Waals surface area contributed by atoms with Crippen LogP contribution in [0.5, 0.6) is 0 Å². The van der Waals surface area contributed by atoms with Crippen molar-refractivity contribution in [2.75, 3.05) is 0 Å². The van der Waals surface area contributed by atoms with Gasteiger partial charge in [0.25, 0.3) is 0 Å². The van der Waals surface area contributed by atoms with Crippen LogP contribution in [0, 0.1) is 19.7 Å². The number of hydrogen-bond acceptors (Lipinski definition) is 3. The van der Waals surface area contributed by atoms with Crippen LogP contribution in [0.4, 0.5) is 4.39 Å². The minimum absolute atomic E-state index is 0.136. The van der Waals surface area contributed by atoms with Crippen molar-refractivity contribution in [1.82, 2.24) is 0 Å². The first-order valence-corrected chi connectivity index (χ1v) is 7.75. The molecule has 4 heteroatoms. The average molecular weight is 291 g/mol. The van der Waals surface area contributed by atoms with E-state index >= 15 is 0 Å². The highest BCUT2D eigenvalue weighted by Gasteiger charge is 2.15. The van der Waals surface area contributed by atoms with Gasteiger partial charge in [0.2, 0.25) is 0 Å². The van der Waals surface area contributed by atoms with Crippen molar-refractivity contribution in [2.45, 2.75) is 19.9 Å². The number of hydrogen-bond donors (Lipinski definition) is 1. The van der Waals surface area contributed by atoms with E-state index in [0.717, 1.165) is 10.4 Å². The summed E-state index contributed by atoms with van der Waals surface area (Å²) < 4.78 is 16.2. The Morgan fingerprint density at radius 2 is 1.79 bits per heavy atom. The zero-order valence-electron chi connectivity index (χ0n) is 10.7. The van der Waals surface area contributed by atoms with Crippen molar-refractivity contribution in [3.63, 3.8) is 0 Å². The Bertz CT molecular complexity index is 690. The summed E-state index contributed by atoms with van der Waals surface area (Å²) in [6.07, 6.45) is 0. The van der Waals surface area contributed by atoms with E-state index in [1.807, 2.05) is 12.1 Å². The molecule has 1 atom stereocenters. The lowest BCUT2D eigenvalue weighted by Gasteiger charge is -2.13. The molecule has 1 unspecified atom stereocenters. The van der Waals surface area contributed by atoms with E-state index < -0.39 is 0 Å². The topological polar surface area (TPSA) is 26.0 Å². The summed E-state index contributed by atoms with van der Waals surface area (Å²) >= 11 is 3.44. The summed E-state index contributed by atoms with van der Waals surface area (Å²) in [5.41, 5.74) is 8.61. The minimum Gasteiger partial charge on any atom is -0.320 e. The van der Waals surface area contributed by atoms with Gasteiger partial charge in [-0.15, -0.1) is 22.7 Å². The third kappa shape index (κ3) is 2.20. The molecule has 3 aromatic rings. The Balaban J connectivity index is 2.04. The Kier molecular flexibility index (Phi) is 3.17. The molecule has 0 aliphatic heterocycles. The fourth-order valence-electron chi connectivity index (χ4n) is 2.26. The molecule has 0 aliphatic carbocycles. The van der Waals surface area contributed by atoms with Crippen LogP contribution < -0.4 is 5.73 Å². The highest BCUT2D eigenvalue weighted by atomic mass is 32.1. The van der Waals surface area contributed by atoms with Crippen molar-refractivity contribution in [2.24, 2.45) is 5.73 Å². The summed E-state index contributed by atoms with van der Waals surface area (Å²) in [7, 11) is 0. The lowest BCUT2D eigenvalue weighted by molar-refractivity contribution is 0.607. The molecule has 0 fully saturated rings. The maximum atomic E-state index is 13.7. The molecule has 3 rings (SSSR count). The molecule has 0 bridgehead atoms. The van der Waals surface area contributed by atoms with Crippen LogP contribution in [0.1, 0.15) is 27.6 Å². The second-order valence-corrected chi connectivity index (χ2v) is 6.81. The van der Waals surface area contributed by atoms with Gasteiger partial charge < -0.3 is 5.73 Å². The molecule has 1 nitrogen and oxygen atoms in total. The molecule has 2 N–H and O–H groups in total. The van der Waals surface area contributed by atoms with Crippen molar-refractivity contribution >= 4 is 32.1 Å². The van der Waals surface area contributed by atoms with Gasteiger partial charge in [0.05, 0.1) is 6.04 Å². The summed E-state index contributed by atoms with van der Waals surface area (Å²) in [4.78, 5) is 1.13. The maximum Gasteiger partial charge on any atom is 0.129 e. The smallest absolute Gasteiger partial charge is 0.129 e. The number of nitrogens with two attached hydrogens (primary N) is 1. The normalized spacial score (nSPS) is 13.1. The number of fused-ring (bicyclic) bond motifs is 1. The predicted molar refractivity (Wildman–Crippen MR) is 81.6 cm³/mol.